The monoisotopic (exact) mass is 838 g/mol. The highest BCUT2D eigenvalue weighted by Crippen LogP contribution is 2.41. The highest BCUT2D eigenvalue weighted by atomic mass is 19.1. The summed E-state index contributed by atoms with van der Waals surface area (Å²) in [5.41, 5.74) is 7.65. The van der Waals surface area contributed by atoms with Crippen LogP contribution in [0.25, 0.3) is 11.1 Å². The van der Waals surface area contributed by atoms with E-state index in [0.29, 0.717) is 24.4 Å². The molecule has 1 aromatic heterocycles. The van der Waals surface area contributed by atoms with Crippen LogP contribution in [0.3, 0.4) is 0 Å². The lowest BCUT2D eigenvalue weighted by molar-refractivity contribution is -0.140. The number of nitrogens with zero attached hydrogens (tertiary/aromatic N) is 3. The zero-order valence-corrected chi connectivity index (χ0v) is 34.4. The SMILES string of the molecule is CC(C)(C)[C@H](c1cc(-c2cc(F)ccc2F)cn1Cc1ccccc1)N(CC[C@H](N)C(=O)NCCNC(=O)CCOCCOCCOCCN1C(=O)C=CC1=O)C(=O)CO. The maximum Gasteiger partial charge on any atom is 0.253 e. The summed E-state index contributed by atoms with van der Waals surface area (Å²) in [5.74, 6) is -3.29. The Hall–Kier alpha value is -5.33. The van der Waals surface area contributed by atoms with Crippen LogP contribution >= 0.6 is 0 Å². The molecule has 15 nitrogen and oxygen atoms in total. The van der Waals surface area contributed by atoms with Gasteiger partial charge in [0.15, 0.2) is 0 Å². The number of aliphatic hydroxyl groups excluding tert-OH is 1. The third kappa shape index (κ3) is 14.4. The average Bonchev–Trinajstić information content (AvgIpc) is 3.77. The van der Waals surface area contributed by atoms with Gasteiger partial charge >= 0.3 is 0 Å². The molecule has 0 spiro atoms. The first-order chi connectivity index (χ1) is 28.7. The van der Waals surface area contributed by atoms with Crippen LogP contribution in [0.1, 0.15) is 50.9 Å². The van der Waals surface area contributed by atoms with Crippen LogP contribution in [0, 0.1) is 17.0 Å². The molecule has 0 saturated carbocycles. The molecule has 0 saturated heterocycles. The number of carbonyl (C=O) groups excluding carboxylic acids is 5. The summed E-state index contributed by atoms with van der Waals surface area (Å²) in [6.45, 7) is 7.22. The molecule has 326 valence electrons. The molecule has 0 bridgehead atoms. The Kier molecular flexibility index (Phi) is 18.5. The number of aliphatic hydroxyl groups is 1. The third-order valence-electron chi connectivity index (χ3n) is 9.57. The highest BCUT2D eigenvalue weighted by molar-refractivity contribution is 6.12. The van der Waals surface area contributed by atoms with Gasteiger partial charge in [0.25, 0.3) is 11.8 Å². The van der Waals surface area contributed by atoms with Crippen molar-refractivity contribution in [2.45, 2.75) is 52.2 Å². The summed E-state index contributed by atoms with van der Waals surface area (Å²) in [6.07, 6.45) is 4.29. The number of hydrogen-bond donors (Lipinski definition) is 4. The van der Waals surface area contributed by atoms with E-state index in [1.165, 1.54) is 17.1 Å². The first-order valence-electron chi connectivity index (χ1n) is 19.9. The van der Waals surface area contributed by atoms with Crippen molar-refractivity contribution in [3.63, 3.8) is 0 Å². The first-order valence-corrected chi connectivity index (χ1v) is 19.9. The fraction of sp³-hybridized carbons (Fsp3) is 0.465. The molecule has 4 rings (SSSR count). The first kappa shape index (κ1) is 47.3. The summed E-state index contributed by atoms with van der Waals surface area (Å²) in [6, 6.07) is 12.8. The number of nitrogens with one attached hydrogen (secondary N) is 2. The number of hydrogen-bond acceptors (Lipinski definition) is 10. The molecular weight excluding hydrogens is 783 g/mol. The van der Waals surface area contributed by atoms with Crippen molar-refractivity contribution in [2.75, 3.05) is 72.4 Å². The second-order valence-electron chi connectivity index (χ2n) is 15.2. The zero-order chi connectivity index (χ0) is 43.7. The van der Waals surface area contributed by atoms with Crippen LogP contribution in [0.15, 0.2) is 72.9 Å². The molecule has 17 heteroatoms. The Balaban J connectivity index is 1.22. The lowest BCUT2D eigenvalue weighted by atomic mass is 9.82. The second kappa shape index (κ2) is 23.5. The summed E-state index contributed by atoms with van der Waals surface area (Å²) >= 11 is 0. The van der Waals surface area contributed by atoms with Gasteiger partial charge in [-0.15, -0.1) is 0 Å². The van der Waals surface area contributed by atoms with Crippen LogP contribution in [0.5, 0.6) is 0 Å². The lowest BCUT2D eigenvalue weighted by Crippen LogP contribution is -2.48. The number of carbonyl (C=O) groups is 5. The largest absolute Gasteiger partial charge is 0.387 e. The van der Waals surface area contributed by atoms with E-state index >= 15 is 4.39 Å². The van der Waals surface area contributed by atoms with E-state index in [4.69, 9.17) is 19.9 Å². The fourth-order valence-corrected chi connectivity index (χ4v) is 6.63. The molecule has 0 aliphatic carbocycles. The van der Waals surface area contributed by atoms with E-state index in [1.54, 1.807) is 12.3 Å². The number of aromatic nitrogens is 1. The molecule has 1 aliphatic heterocycles. The molecule has 5 amide bonds. The van der Waals surface area contributed by atoms with E-state index in [0.717, 1.165) is 28.7 Å². The number of benzene rings is 2. The van der Waals surface area contributed by atoms with Gasteiger partial charge in [0, 0.05) is 67.8 Å². The van der Waals surface area contributed by atoms with Gasteiger partial charge in [-0.25, -0.2) is 8.78 Å². The van der Waals surface area contributed by atoms with Gasteiger partial charge in [-0.05, 0) is 41.7 Å². The van der Waals surface area contributed by atoms with E-state index in [1.807, 2.05) is 55.7 Å². The van der Waals surface area contributed by atoms with Crippen molar-refractivity contribution >= 4 is 29.5 Å². The van der Waals surface area contributed by atoms with Crippen molar-refractivity contribution in [1.82, 2.24) is 25.0 Å². The van der Waals surface area contributed by atoms with Crippen LogP contribution in [-0.4, -0.2) is 127 Å². The van der Waals surface area contributed by atoms with Gasteiger partial charge in [-0.2, -0.15) is 0 Å². The van der Waals surface area contributed by atoms with Gasteiger partial charge < -0.3 is 45.2 Å². The predicted molar refractivity (Wildman–Crippen MR) is 218 cm³/mol. The fourth-order valence-electron chi connectivity index (χ4n) is 6.63. The Labute approximate surface area is 348 Å². The third-order valence-corrected chi connectivity index (χ3v) is 9.57. The molecule has 5 N–H and O–H groups in total. The Morgan fingerprint density at radius 2 is 1.50 bits per heavy atom. The van der Waals surface area contributed by atoms with Crippen molar-refractivity contribution in [2.24, 2.45) is 11.1 Å². The van der Waals surface area contributed by atoms with Gasteiger partial charge in [-0.3, -0.25) is 28.9 Å². The van der Waals surface area contributed by atoms with Gasteiger partial charge in [0.2, 0.25) is 17.7 Å². The molecule has 60 heavy (non-hydrogen) atoms. The minimum atomic E-state index is -1.03. The number of amides is 5. The van der Waals surface area contributed by atoms with Crippen LogP contribution in [-0.2, 0) is 44.7 Å². The Morgan fingerprint density at radius 1 is 0.867 bits per heavy atom. The molecule has 2 heterocycles. The van der Waals surface area contributed by atoms with Gasteiger partial charge in [0.1, 0.15) is 18.2 Å². The van der Waals surface area contributed by atoms with Crippen molar-refractivity contribution in [1.29, 1.82) is 0 Å². The number of rotatable bonds is 25. The molecule has 0 fully saturated rings. The minimum Gasteiger partial charge on any atom is -0.387 e. The number of halogens is 2. The molecule has 1 aliphatic rings. The van der Waals surface area contributed by atoms with Crippen LogP contribution < -0.4 is 16.4 Å². The van der Waals surface area contributed by atoms with Crippen molar-refractivity contribution < 1.29 is 52.1 Å². The maximum atomic E-state index is 15.0. The van der Waals surface area contributed by atoms with Crippen LogP contribution in [0.2, 0.25) is 0 Å². The summed E-state index contributed by atoms with van der Waals surface area (Å²) in [4.78, 5) is 64.2. The topological polar surface area (TPSA) is 195 Å². The second-order valence-corrected chi connectivity index (χ2v) is 15.2. The standard InChI is InChI=1S/C43H56F2N6O9/c1-43(2,3)41(36-25-31(33-26-32(44)9-10-34(33)45)28-49(36)27-30-7-5-4-6-8-30)51(40(56)29-52)17-13-35(46)42(57)48-16-15-47-37(53)14-19-58-21-23-60-24-22-59-20-18-50-38(54)11-12-39(50)55/h4-12,25-26,28,35,41,52H,13-24,27,29,46H2,1-3H3,(H,47,53)(H,48,57)/t35-,41-/m0/s1. The summed E-state index contributed by atoms with van der Waals surface area (Å²) in [5, 5.41) is 15.5. The smallest absolute Gasteiger partial charge is 0.253 e. The van der Waals surface area contributed by atoms with E-state index in [-0.39, 0.29) is 95.3 Å². The number of ether oxygens (including phenoxy) is 3. The predicted octanol–water partition coefficient (Wildman–Crippen LogP) is 2.70. The van der Waals surface area contributed by atoms with Gasteiger partial charge in [-0.1, -0.05) is 51.1 Å². The Morgan fingerprint density at radius 3 is 2.15 bits per heavy atom. The maximum absolute atomic E-state index is 15.0. The molecule has 0 radical (unpaired) electrons. The number of nitrogens with two attached hydrogens (primary N) is 1. The normalized spacial score (nSPS) is 13.8. The quantitative estimate of drug-likeness (QED) is 0.0729. The highest BCUT2D eigenvalue weighted by Gasteiger charge is 2.37. The summed E-state index contributed by atoms with van der Waals surface area (Å²) < 4.78 is 47.4. The minimum absolute atomic E-state index is 0.00502. The molecule has 2 atom stereocenters. The summed E-state index contributed by atoms with van der Waals surface area (Å²) in [7, 11) is 0. The van der Waals surface area contributed by atoms with Crippen molar-refractivity contribution in [3.8, 4) is 11.1 Å². The zero-order valence-electron chi connectivity index (χ0n) is 34.4. The Bertz CT molecular complexity index is 1920. The molecule has 2 aromatic carbocycles. The van der Waals surface area contributed by atoms with Crippen molar-refractivity contribution in [3.05, 3.63) is 95.8 Å². The molecule has 0 unspecified atom stereocenters. The van der Waals surface area contributed by atoms with E-state index < -0.39 is 47.6 Å². The van der Waals surface area contributed by atoms with Crippen LogP contribution in [0.4, 0.5) is 8.78 Å². The van der Waals surface area contributed by atoms with Gasteiger partial charge in [0.05, 0.1) is 58.3 Å². The average molecular weight is 839 g/mol. The molecular formula is C43H56F2N6O9. The van der Waals surface area contributed by atoms with E-state index in [9.17, 15) is 33.5 Å². The van der Waals surface area contributed by atoms with E-state index in [2.05, 4.69) is 10.6 Å². The lowest BCUT2D eigenvalue weighted by Gasteiger charge is -2.41. The number of imide groups is 1. The molecule has 3 aromatic rings.